The molecule has 1 unspecified atom stereocenters. The van der Waals surface area contributed by atoms with Crippen LogP contribution < -0.4 is 5.32 Å². The van der Waals surface area contributed by atoms with E-state index in [0.29, 0.717) is 12.0 Å². The predicted octanol–water partition coefficient (Wildman–Crippen LogP) is 2.92. The first-order valence-corrected chi connectivity index (χ1v) is 8.43. The van der Waals surface area contributed by atoms with Crippen molar-refractivity contribution in [3.8, 4) is 6.07 Å². The molecule has 1 amide bonds. The number of hydrogen-bond acceptors (Lipinski definition) is 3. The first-order chi connectivity index (χ1) is 12.4. The molecule has 0 radical (unpaired) electrons. The van der Waals surface area contributed by atoms with Gasteiger partial charge in [-0.15, -0.1) is 0 Å². The first-order valence-electron chi connectivity index (χ1n) is 8.43. The van der Waals surface area contributed by atoms with E-state index in [1.54, 1.807) is 24.3 Å². The zero-order valence-corrected chi connectivity index (χ0v) is 15.0. The van der Waals surface area contributed by atoms with Crippen molar-refractivity contribution in [2.45, 2.75) is 39.2 Å². The highest BCUT2D eigenvalue weighted by atomic mass is 16.4. The molecular formula is C21H22N2O3. The molecule has 26 heavy (non-hydrogen) atoms. The van der Waals surface area contributed by atoms with E-state index < -0.39 is 12.0 Å². The maximum atomic E-state index is 12.4. The second-order valence-corrected chi connectivity index (χ2v) is 6.55. The molecule has 2 aromatic carbocycles. The Kier molecular flexibility index (Phi) is 6.51. The Labute approximate surface area is 153 Å². The van der Waals surface area contributed by atoms with E-state index in [0.717, 1.165) is 22.3 Å². The number of aliphatic carboxylic acids is 1. The van der Waals surface area contributed by atoms with Crippen LogP contribution in [-0.4, -0.2) is 23.0 Å². The third-order valence-corrected chi connectivity index (χ3v) is 4.00. The average molecular weight is 350 g/mol. The average Bonchev–Trinajstić information content (AvgIpc) is 2.53. The number of carboxylic acid groups (broad SMARTS) is 1. The van der Waals surface area contributed by atoms with Crippen LogP contribution in [0.5, 0.6) is 0 Å². The van der Waals surface area contributed by atoms with Gasteiger partial charge in [0.1, 0.15) is 0 Å². The SMILES string of the molecule is Cc1cc(C)cc(CC(=O)NC(CC(=O)O)Cc2ccc(C#N)cc2)c1. The van der Waals surface area contributed by atoms with Gasteiger partial charge in [-0.2, -0.15) is 5.26 Å². The second kappa shape index (κ2) is 8.82. The van der Waals surface area contributed by atoms with Crippen molar-refractivity contribution in [1.82, 2.24) is 5.32 Å². The van der Waals surface area contributed by atoms with Crippen LogP contribution in [-0.2, 0) is 22.4 Å². The van der Waals surface area contributed by atoms with E-state index >= 15 is 0 Å². The van der Waals surface area contributed by atoms with E-state index in [4.69, 9.17) is 10.4 Å². The van der Waals surface area contributed by atoms with Crippen molar-refractivity contribution in [3.63, 3.8) is 0 Å². The van der Waals surface area contributed by atoms with Gasteiger partial charge >= 0.3 is 5.97 Å². The largest absolute Gasteiger partial charge is 0.481 e. The Hall–Kier alpha value is -3.13. The normalized spacial score (nSPS) is 11.4. The molecule has 0 aliphatic heterocycles. The lowest BCUT2D eigenvalue weighted by Gasteiger charge is -2.17. The quantitative estimate of drug-likeness (QED) is 0.803. The number of amides is 1. The maximum Gasteiger partial charge on any atom is 0.305 e. The molecule has 5 nitrogen and oxygen atoms in total. The summed E-state index contributed by atoms with van der Waals surface area (Å²) in [5.41, 5.74) is 4.51. The minimum atomic E-state index is -0.963. The molecule has 0 fully saturated rings. The third-order valence-electron chi connectivity index (χ3n) is 4.00. The summed E-state index contributed by atoms with van der Waals surface area (Å²) >= 11 is 0. The van der Waals surface area contributed by atoms with Gasteiger partial charge in [0.05, 0.1) is 24.5 Å². The Bertz CT molecular complexity index is 815. The van der Waals surface area contributed by atoms with Gasteiger partial charge in [0, 0.05) is 6.04 Å². The summed E-state index contributed by atoms with van der Waals surface area (Å²) in [6.45, 7) is 3.96. The smallest absolute Gasteiger partial charge is 0.305 e. The van der Waals surface area contributed by atoms with Crippen LogP contribution >= 0.6 is 0 Å². The molecule has 2 rings (SSSR count). The lowest BCUT2D eigenvalue weighted by Crippen LogP contribution is -2.39. The zero-order chi connectivity index (χ0) is 19.1. The lowest BCUT2D eigenvalue weighted by atomic mass is 10.0. The molecule has 0 heterocycles. The van der Waals surface area contributed by atoms with Crippen molar-refractivity contribution >= 4 is 11.9 Å². The second-order valence-electron chi connectivity index (χ2n) is 6.55. The number of nitriles is 1. The van der Waals surface area contributed by atoms with E-state index in [9.17, 15) is 9.59 Å². The van der Waals surface area contributed by atoms with E-state index in [1.807, 2.05) is 38.1 Å². The fourth-order valence-corrected chi connectivity index (χ4v) is 3.02. The number of benzene rings is 2. The van der Waals surface area contributed by atoms with Crippen molar-refractivity contribution in [3.05, 3.63) is 70.3 Å². The predicted molar refractivity (Wildman–Crippen MR) is 98.7 cm³/mol. The number of hydrogen-bond donors (Lipinski definition) is 2. The Morgan fingerprint density at radius 1 is 1.08 bits per heavy atom. The van der Waals surface area contributed by atoms with Gasteiger partial charge in [-0.05, 0) is 43.5 Å². The van der Waals surface area contributed by atoms with Gasteiger partial charge in [-0.25, -0.2) is 0 Å². The van der Waals surface area contributed by atoms with Crippen LogP contribution in [0.2, 0.25) is 0 Å². The maximum absolute atomic E-state index is 12.4. The highest BCUT2D eigenvalue weighted by Gasteiger charge is 2.17. The van der Waals surface area contributed by atoms with Crippen LogP contribution in [0.15, 0.2) is 42.5 Å². The van der Waals surface area contributed by atoms with E-state index in [1.165, 1.54) is 0 Å². The Morgan fingerprint density at radius 3 is 2.23 bits per heavy atom. The standard InChI is InChI=1S/C21H22N2O3/c1-14-7-15(2)9-18(8-14)11-20(24)23-19(12-21(25)26)10-16-3-5-17(13-22)6-4-16/h3-9,19H,10-12H2,1-2H3,(H,23,24)(H,25,26). The van der Waals surface area contributed by atoms with Gasteiger partial charge in [0.2, 0.25) is 5.91 Å². The molecule has 0 saturated heterocycles. The monoisotopic (exact) mass is 350 g/mol. The van der Waals surface area contributed by atoms with Crippen LogP contribution in [0.4, 0.5) is 0 Å². The summed E-state index contributed by atoms with van der Waals surface area (Å²) in [7, 11) is 0. The van der Waals surface area contributed by atoms with Crippen LogP contribution in [0.25, 0.3) is 0 Å². The highest BCUT2D eigenvalue weighted by molar-refractivity contribution is 5.80. The summed E-state index contributed by atoms with van der Waals surface area (Å²) in [6.07, 6.45) is 0.460. The van der Waals surface area contributed by atoms with E-state index in [-0.39, 0.29) is 18.7 Å². The topological polar surface area (TPSA) is 90.2 Å². The molecule has 5 heteroatoms. The summed E-state index contributed by atoms with van der Waals surface area (Å²) < 4.78 is 0. The summed E-state index contributed by atoms with van der Waals surface area (Å²) in [6, 6.07) is 14.4. The highest BCUT2D eigenvalue weighted by Crippen LogP contribution is 2.11. The van der Waals surface area contributed by atoms with Gasteiger partial charge in [0.25, 0.3) is 0 Å². The number of aryl methyl sites for hydroxylation is 2. The minimum Gasteiger partial charge on any atom is -0.481 e. The van der Waals surface area contributed by atoms with Gasteiger partial charge in [-0.3, -0.25) is 9.59 Å². The minimum absolute atomic E-state index is 0.154. The first kappa shape index (κ1) is 19.2. The third kappa shape index (κ3) is 6.06. The molecule has 1 atom stereocenters. The van der Waals surface area contributed by atoms with Gasteiger partial charge < -0.3 is 10.4 Å². The fraction of sp³-hybridized carbons (Fsp3) is 0.286. The van der Waals surface area contributed by atoms with Crippen LogP contribution in [0.3, 0.4) is 0 Å². The molecule has 134 valence electrons. The molecule has 0 aromatic heterocycles. The van der Waals surface area contributed by atoms with Crippen molar-refractivity contribution < 1.29 is 14.7 Å². The molecule has 0 bridgehead atoms. The van der Waals surface area contributed by atoms with Crippen LogP contribution in [0, 0.1) is 25.2 Å². The van der Waals surface area contributed by atoms with Gasteiger partial charge in [-0.1, -0.05) is 41.5 Å². The van der Waals surface area contributed by atoms with Gasteiger partial charge in [0.15, 0.2) is 0 Å². The lowest BCUT2D eigenvalue weighted by molar-refractivity contribution is -0.137. The molecular weight excluding hydrogens is 328 g/mol. The number of carboxylic acids is 1. The molecule has 0 aliphatic rings. The van der Waals surface area contributed by atoms with Crippen LogP contribution in [0.1, 0.15) is 34.2 Å². The van der Waals surface area contributed by atoms with Crippen molar-refractivity contribution in [2.75, 3.05) is 0 Å². The summed E-state index contributed by atoms with van der Waals surface area (Å²) in [4.78, 5) is 23.5. The molecule has 2 N–H and O–H groups in total. The number of nitrogens with one attached hydrogen (secondary N) is 1. The molecule has 2 aromatic rings. The number of nitrogens with zero attached hydrogens (tertiary/aromatic N) is 1. The number of carbonyl (C=O) groups excluding carboxylic acids is 1. The number of carbonyl (C=O) groups is 2. The van der Waals surface area contributed by atoms with Crippen molar-refractivity contribution in [2.24, 2.45) is 0 Å². The Balaban J connectivity index is 2.04. The zero-order valence-electron chi connectivity index (χ0n) is 15.0. The summed E-state index contributed by atoms with van der Waals surface area (Å²) in [5.74, 6) is -1.16. The van der Waals surface area contributed by atoms with E-state index in [2.05, 4.69) is 5.32 Å². The van der Waals surface area contributed by atoms with Crippen molar-refractivity contribution in [1.29, 1.82) is 5.26 Å². The summed E-state index contributed by atoms with van der Waals surface area (Å²) in [5, 5.41) is 20.8. The Morgan fingerprint density at radius 2 is 1.69 bits per heavy atom. The molecule has 0 spiro atoms. The molecule has 0 aliphatic carbocycles. The molecule has 0 saturated carbocycles. The fourth-order valence-electron chi connectivity index (χ4n) is 3.02. The number of rotatable bonds is 7.